The number of amidine groups is 1. The fourth-order valence-corrected chi connectivity index (χ4v) is 2.70. The molecule has 0 bridgehead atoms. The van der Waals surface area contributed by atoms with Crippen LogP contribution in [0.15, 0.2) is 28.3 Å². The van der Waals surface area contributed by atoms with Gasteiger partial charge >= 0.3 is 18.4 Å². The van der Waals surface area contributed by atoms with Gasteiger partial charge < -0.3 is 4.74 Å². The molecule has 1 atom stereocenters. The van der Waals surface area contributed by atoms with Crippen LogP contribution in [0.5, 0.6) is 0 Å². The number of benzene rings is 1. The third kappa shape index (κ3) is 3.09. The smallest absolute Gasteiger partial charge is 0.407 e. The molecule has 27 heavy (non-hydrogen) atoms. The molecule has 1 fully saturated rings. The van der Waals surface area contributed by atoms with Crippen molar-refractivity contribution in [3.8, 4) is 6.07 Å². The maximum atomic E-state index is 13.0. The van der Waals surface area contributed by atoms with E-state index in [0.29, 0.717) is 11.1 Å². The second-order valence-corrected chi connectivity index (χ2v) is 5.97. The molecular formula is C15H9F6N5O. The van der Waals surface area contributed by atoms with Gasteiger partial charge in [-0.15, -0.1) is 0 Å². The summed E-state index contributed by atoms with van der Waals surface area (Å²) in [6.07, 6.45) is -10.2. The van der Waals surface area contributed by atoms with E-state index < -0.39 is 53.1 Å². The van der Waals surface area contributed by atoms with Crippen LogP contribution in [0.4, 0.5) is 32.0 Å². The molecule has 1 N–H and O–H groups in total. The molecule has 1 unspecified atom stereocenters. The third-order valence-corrected chi connectivity index (χ3v) is 4.03. The van der Waals surface area contributed by atoms with Gasteiger partial charge in [-0.25, -0.2) is 15.4 Å². The normalized spacial score (nSPS) is 23.9. The summed E-state index contributed by atoms with van der Waals surface area (Å²) in [6, 6.07) is 3.27. The van der Waals surface area contributed by atoms with Gasteiger partial charge in [-0.1, -0.05) is 0 Å². The van der Waals surface area contributed by atoms with Crippen LogP contribution < -0.4 is 0 Å². The fraction of sp³-hybridized carbons (Fsp3) is 0.333. The number of hydrazone groups is 1. The van der Waals surface area contributed by atoms with Gasteiger partial charge in [0.15, 0.2) is 0 Å². The highest BCUT2D eigenvalue weighted by Gasteiger charge is 2.57. The van der Waals surface area contributed by atoms with Crippen LogP contribution in [-0.4, -0.2) is 34.4 Å². The van der Waals surface area contributed by atoms with Gasteiger partial charge in [0.25, 0.3) is 0 Å². The minimum Gasteiger partial charge on any atom is -0.407 e. The zero-order valence-electron chi connectivity index (χ0n) is 13.4. The largest absolute Gasteiger partial charge is 0.431 e. The number of fused-ring (bicyclic) bond motifs is 1. The standard InChI is InChI=1S/C15H9F6N5O/c1-13-5-10(15(19,20)21)25-26(13)12(23)27-11(13)24-8-3-2-7(6-22)9(4-8)14(16,17)18/h2-4,23H,5H2,1H3. The summed E-state index contributed by atoms with van der Waals surface area (Å²) < 4.78 is 82.9. The van der Waals surface area contributed by atoms with Crippen molar-refractivity contribution in [1.29, 1.82) is 10.7 Å². The fourth-order valence-electron chi connectivity index (χ4n) is 2.70. The average Bonchev–Trinajstić information content (AvgIpc) is 3.01. The maximum Gasteiger partial charge on any atom is 0.431 e. The van der Waals surface area contributed by atoms with Crippen molar-refractivity contribution < 1.29 is 31.1 Å². The van der Waals surface area contributed by atoms with E-state index in [1.807, 2.05) is 0 Å². The lowest BCUT2D eigenvalue weighted by molar-refractivity contribution is -0.137. The van der Waals surface area contributed by atoms with Crippen molar-refractivity contribution in [3.63, 3.8) is 0 Å². The second-order valence-electron chi connectivity index (χ2n) is 5.97. The highest BCUT2D eigenvalue weighted by atomic mass is 19.4. The summed E-state index contributed by atoms with van der Waals surface area (Å²) in [5, 5.41) is 20.4. The molecule has 1 saturated heterocycles. The van der Waals surface area contributed by atoms with Crippen LogP contribution in [0.1, 0.15) is 24.5 Å². The van der Waals surface area contributed by atoms with Gasteiger partial charge in [-0.2, -0.15) is 36.7 Å². The lowest BCUT2D eigenvalue weighted by Gasteiger charge is -2.21. The zero-order chi connectivity index (χ0) is 20.2. The van der Waals surface area contributed by atoms with E-state index in [1.54, 1.807) is 0 Å². The van der Waals surface area contributed by atoms with Crippen molar-refractivity contribution in [2.24, 2.45) is 10.1 Å². The maximum absolute atomic E-state index is 13.0. The molecule has 6 nitrogen and oxygen atoms in total. The van der Waals surface area contributed by atoms with E-state index in [9.17, 15) is 26.3 Å². The number of halogens is 6. The molecule has 0 aliphatic carbocycles. The molecule has 3 rings (SSSR count). The number of rotatable bonds is 1. The van der Waals surface area contributed by atoms with Gasteiger partial charge in [0.05, 0.1) is 22.9 Å². The second kappa shape index (κ2) is 5.70. The number of hydrogen-bond donors (Lipinski definition) is 1. The summed E-state index contributed by atoms with van der Waals surface area (Å²) in [7, 11) is 0. The summed E-state index contributed by atoms with van der Waals surface area (Å²) in [4.78, 5) is 3.85. The Morgan fingerprint density at radius 3 is 2.48 bits per heavy atom. The topological polar surface area (TPSA) is 84.8 Å². The average molecular weight is 389 g/mol. The van der Waals surface area contributed by atoms with E-state index in [1.165, 1.54) is 13.0 Å². The molecule has 142 valence electrons. The van der Waals surface area contributed by atoms with Crippen LogP contribution in [-0.2, 0) is 10.9 Å². The zero-order valence-corrected chi connectivity index (χ0v) is 13.4. The monoisotopic (exact) mass is 389 g/mol. The van der Waals surface area contributed by atoms with E-state index >= 15 is 0 Å². The first-order valence-electron chi connectivity index (χ1n) is 7.28. The van der Waals surface area contributed by atoms with Gasteiger partial charge in [0, 0.05) is 6.42 Å². The Kier molecular flexibility index (Phi) is 3.94. The SMILES string of the molecule is CC12CC(C(F)(F)F)=NN1C(=N)OC2=Nc1ccc(C#N)c(C(F)(F)F)c1. The predicted molar refractivity (Wildman–Crippen MR) is 80.4 cm³/mol. The third-order valence-electron chi connectivity index (χ3n) is 4.03. The van der Waals surface area contributed by atoms with Gasteiger partial charge in [-0.05, 0) is 25.1 Å². The van der Waals surface area contributed by atoms with E-state index in [2.05, 4.69) is 10.1 Å². The van der Waals surface area contributed by atoms with Crippen LogP contribution >= 0.6 is 0 Å². The van der Waals surface area contributed by atoms with E-state index in [4.69, 9.17) is 15.4 Å². The Balaban J connectivity index is 2.03. The Hall–Kier alpha value is -3.10. The number of alkyl halides is 6. The van der Waals surface area contributed by atoms with Crippen molar-refractivity contribution in [2.45, 2.75) is 31.2 Å². The molecule has 2 aliphatic heterocycles. The highest BCUT2D eigenvalue weighted by molar-refractivity contribution is 6.09. The summed E-state index contributed by atoms with van der Waals surface area (Å²) in [5.41, 5.74) is -4.88. The van der Waals surface area contributed by atoms with Gasteiger partial charge in [0.1, 0.15) is 11.3 Å². The quantitative estimate of drug-likeness (QED) is 0.738. The number of ether oxygens (including phenoxy) is 1. The van der Waals surface area contributed by atoms with Crippen LogP contribution in [0.2, 0.25) is 0 Å². The Morgan fingerprint density at radius 2 is 1.93 bits per heavy atom. The van der Waals surface area contributed by atoms with Crippen molar-refractivity contribution in [2.75, 3.05) is 0 Å². The summed E-state index contributed by atoms with van der Waals surface area (Å²) in [6.45, 7) is 1.28. The molecular weight excluding hydrogens is 380 g/mol. The number of hydrogen-bond acceptors (Lipinski definition) is 5. The molecule has 2 aliphatic rings. The minimum absolute atomic E-state index is 0.285. The number of nitriles is 1. The Morgan fingerprint density at radius 1 is 1.26 bits per heavy atom. The lowest BCUT2D eigenvalue weighted by atomic mass is 9.96. The van der Waals surface area contributed by atoms with Crippen molar-refractivity contribution in [3.05, 3.63) is 29.3 Å². The minimum atomic E-state index is -4.82. The van der Waals surface area contributed by atoms with Gasteiger partial charge in [0.2, 0.25) is 5.90 Å². The molecule has 0 aromatic heterocycles. The molecule has 12 heteroatoms. The molecule has 0 spiro atoms. The number of aliphatic imine (C=N–C) groups is 1. The number of nitrogens with zero attached hydrogens (tertiary/aromatic N) is 4. The molecule has 2 heterocycles. The van der Waals surface area contributed by atoms with Crippen LogP contribution in [0.3, 0.4) is 0 Å². The van der Waals surface area contributed by atoms with E-state index in [0.717, 1.165) is 12.1 Å². The van der Waals surface area contributed by atoms with E-state index in [-0.39, 0.29) is 5.69 Å². The van der Waals surface area contributed by atoms with Crippen LogP contribution in [0, 0.1) is 16.7 Å². The van der Waals surface area contributed by atoms with Crippen LogP contribution in [0.25, 0.3) is 0 Å². The molecule has 1 aromatic carbocycles. The highest BCUT2D eigenvalue weighted by Crippen LogP contribution is 2.41. The summed E-state index contributed by atoms with van der Waals surface area (Å²) >= 11 is 0. The Labute approximate surface area is 147 Å². The molecule has 0 amide bonds. The molecule has 1 aromatic rings. The van der Waals surface area contributed by atoms with Crippen molar-refractivity contribution >= 4 is 23.3 Å². The summed E-state index contributed by atoms with van der Waals surface area (Å²) in [5.74, 6) is -0.395. The first-order chi connectivity index (χ1) is 12.4. The molecule has 0 radical (unpaired) electrons. The predicted octanol–water partition coefficient (Wildman–Crippen LogP) is 3.95. The first kappa shape index (κ1) is 18.7. The number of nitrogens with one attached hydrogen (secondary N) is 1. The van der Waals surface area contributed by atoms with Crippen molar-refractivity contribution in [1.82, 2.24) is 5.01 Å². The molecule has 0 saturated carbocycles. The first-order valence-corrected chi connectivity index (χ1v) is 7.28. The Bertz CT molecular complexity index is 926. The lowest BCUT2D eigenvalue weighted by Crippen LogP contribution is -2.41. The van der Waals surface area contributed by atoms with Gasteiger partial charge in [-0.3, -0.25) is 0 Å².